The van der Waals surface area contributed by atoms with E-state index in [-0.39, 0.29) is 33.6 Å². The first-order valence-electron chi connectivity index (χ1n) is 8.69. The van der Waals surface area contributed by atoms with E-state index in [1.54, 1.807) is 6.07 Å². The number of anilines is 2. The van der Waals surface area contributed by atoms with Gasteiger partial charge in [-0.15, -0.1) is 0 Å². The predicted octanol–water partition coefficient (Wildman–Crippen LogP) is 1.79. The fraction of sp³-hybridized carbons (Fsp3) is 0.353. The minimum atomic E-state index is -4.40. The van der Waals surface area contributed by atoms with Gasteiger partial charge in [-0.1, -0.05) is 6.07 Å². The second kappa shape index (κ2) is 8.00. The van der Waals surface area contributed by atoms with Gasteiger partial charge in [-0.2, -0.15) is 13.2 Å². The van der Waals surface area contributed by atoms with Gasteiger partial charge in [-0.3, -0.25) is 4.57 Å². The smallest absolute Gasteiger partial charge is 0.394 e. The summed E-state index contributed by atoms with van der Waals surface area (Å²) in [5.74, 6) is 0.236. The zero-order chi connectivity index (χ0) is 21.5. The summed E-state index contributed by atoms with van der Waals surface area (Å²) in [6, 6.07) is 5.73. The van der Waals surface area contributed by atoms with Gasteiger partial charge in [0.15, 0.2) is 23.2 Å². The van der Waals surface area contributed by atoms with Crippen LogP contribution in [0.5, 0.6) is 0 Å². The lowest BCUT2D eigenvalue weighted by Crippen LogP contribution is -2.33. The van der Waals surface area contributed by atoms with Crippen molar-refractivity contribution in [2.45, 2.75) is 34.9 Å². The molecule has 3 heterocycles. The number of rotatable bonds is 5. The fourth-order valence-electron chi connectivity index (χ4n) is 3.15. The number of ether oxygens (including phenoxy) is 1. The summed E-state index contributed by atoms with van der Waals surface area (Å²) >= 11 is -0.228. The first kappa shape index (κ1) is 20.8. The molecule has 4 atom stereocenters. The van der Waals surface area contributed by atoms with Gasteiger partial charge in [0.2, 0.25) is 0 Å². The molecule has 1 aromatic carbocycles. The Bertz CT molecular complexity index is 1050. The molecule has 1 fully saturated rings. The Morgan fingerprint density at radius 3 is 2.67 bits per heavy atom. The van der Waals surface area contributed by atoms with E-state index in [0.717, 1.165) is 0 Å². The van der Waals surface area contributed by atoms with Crippen LogP contribution >= 0.6 is 11.8 Å². The molecule has 4 unspecified atom stereocenters. The van der Waals surface area contributed by atoms with Gasteiger partial charge in [0.1, 0.15) is 24.6 Å². The van der Waals surface area contributed by atoms with E-state index in [1.807, 2.05) is 0 Å². The molecule has 4 rings (SSSR count). The lowest BCUT2D eigenvalue weighted by Gasteiger charge is -2.16. The topological polar surface area (TPSA) is 126 Å². The summed E-state index contributed by atoms with van der Waals surface area (Å²) in [7, 11) is 0. The summed E-state index contributed by atoms with van der Waals surface area (Å²) < 4.78 is 44.7. The number of alkyl halides is 3. The van der Waals surface area contributed by atoms with Crippen LogP contribution in [-0.4, -0.2) is 65.3 Å². The molecule has 160 valence electrons. The van der Waals surface area contributed by atoms with Crippen LogP contribution in [0.2, 0.25) is 0 Å². The number of imidazole rings is 1. The molecule has 1 aliphatic rings. The van der Waals surface area contributed by atoms with Crippen LogP contribution in [-0.2, 0) is 4.74 Å². The number of aliphatic hydroxyl groups excluding tert-OH is 3. The molecule has 3 aromatic rings. The van der Waals surface area contributed by atoms with Crippen LogP contribution in [0.1, 0.15) is 6.23 Å². The van der Waals surface area contributed by atoms with Crippen molar-refractivity contribution in [3.05, 3.63) is 36.9 Å². The average molecular weight is 443 g/mol. The SMILES string of the molecule is OCC1OC(n2cnc3c(Nc4cccc(SC(F)(F)F)c4)ncnc32)C(O)C1O. The summed E-state index contributed by atoms with van der Waals surface area (Å²) in [4.78, 5) is 12.4. The van der Waals surface area contributed by atoms with Crippen LogP contribution in [0.25, 0.3) is 11.2 Å². The zero-order valence-electron chi connectivity index (χ0n) is 15.1. The summed E-state index contributed by atoms with van der Waals surface area (Å²) in [6.07, 6.45) is -2.04. The van der Waals surface area contributed by atoms with Crippen molar-refractivity contribution >= 4 is 34.4 Å². The van der Waals surface area contributed by atoms with Gasteiger partial charge in [-0.05, 0) is 30.0 Å². The van der Waals surface area contributed by atoms with Crippen LogP contribution < -0.4 is 5.32 Å². The number of nitrogens with one attached hydrogen (secondary N) is 1. The Morgan fingerprint density at radius 1 is 1.17 bits per heavy atom. The van der Waals surface area contributed by atoms with E-state index in [2.05, 4.69) is 20.3 Å². The van der Waals surface area contributed by atoms with E-state index in [9.17, 15) is 28.5 Å². The minimum absolute atomic E-state index is 0.00911. The molecule has 1 saturated heterocycles. The van der Waals surface area contributed by atoms with Gasteiger partial charge in [-0.25, -0.2) is 15.0 Å². The number of halogens is 3. The number of fused-ring (bicyclic) bond motifs is 1. The highest BCUT2D eigenvalue weighted by atomic mass is 32.2. The molecule has 0 amide bonds. The molecule has 0 bridgehead atoms. The standard InChI is InChI=1S/C17H16F3N5O4S/c18-17(19,20)30-9-3-1-2-8(4-9)24-14-11-15(22-6-21-14)25(7-23-11)16-13(28)12(27)10(5-26)29-16/h1-4,6-7,10,12-13,16,26-28H,5H2,(H,21,22,24). The molecule has 9 nitrogen and oxygen atoms in total. The molecule has 0 aliphatic carbocycles. The summed E-state index contributed by atoms with van der Waals surface area (Å²) in [5.41, 5.74) is -3.49. The summed E-state index contributed by atoms with van der Waals surface area (Å²) in [6.45, 7) is -0.477. The van der Waals surface area contributed by atoms with Gasteiger partial charge in [0.05, 0.1) is 12.9 Å². The fourth-order valence-corrected chi connectivity index (χ4v) is 3.75. The third kappa shape index (κ3) is 4.06. The summed E-state index contributed by atoms with van der Waals surface area (Å²) in [5, 5.41) is 32.4. The zero-order valence-corrected chi connectivity index (χ0v) is 15.9. The van der Waals surface area contributed by atoms with E-state index in [0.29, 0.717) is 5.69 Å². The molecule has 0 radical (unpaired) electrons. The normalized spacial score (nSPS) is 24.5. The second-order valence-electron chi connectivity index (χ2n) is 6.48. The Labute approximate surface area is 171 Å². The molecular weight excluding hydrogens is 427 g/mol. The highest BCUT2D eigenvalue weighted by Crippen LogP contribution is 2.38. The maximum atomic E-state index is 12.6. The number of nitrogens with zero attached hydrogens (tertiary/aromatic N) is 4. The maximum Gasteiger partial charge on any atom is 0.446 e. The quantitative estimate of drug-likeness (QED) is 0.437. The van der Waals surface area contributed by atoms with Crippen LogP contribution in [0, 0.1) is 0 Å². The number of aliphatic hydroxyl groups is 3. The maximum absolute atomic E-state index is 12.6. The van der Waals surface area contributed by atoms with Crippen molar-refractivity contribution < 1.29 is 33.2 Å². The largest absolute Gasteiger partial charge is 0.446 e. The van der Waals surface area contributed by atoms with Gasteiger partial charge in [0, 0.05) is 10.6 Å². The molecular formula is C17H16F3N5O4S. The second-order valence-corrected chi connectivity index (χ2v) is 7.61. The first-order chi connectivity index (χ1) is 14.3. The number of hydrogen-bond acceptors (Lipinski definition) is 9. The Kier molecular flexibility index (Phi) is 5.55. The third-order valence-corrected chi connectivity index (χ3v) is 5.20. The molecule has 30 heavy (non-hydrogen) atoms. The molecule has 0 saturated carbocycles. The molecule has 13 heteroatoms. The van der Waals surface area contributed by atoms with Crippen molar-refractivity contribution in [2.24, 2.45) is 0 Å². The predicted molar refractivity (Wildman–Crippen MR) is 100.0 cm³/mol. The average Bonchev–Trinajstić information content (AvgIpc) is 3.23. The molecule has 0 spiro atoms. The number of thioether (sulfide) groups is 1. The van der Waals surface area contributed by atoms with E-state index >= 15 is 0 Å². The van der Waals surface area contributed by atoms with Crippen LogP contribution in [0.4, 0.5) is 24.7 Å². The van der Waals surface area contributed by atoms with Crippen molar-refractivity contribution in [1.82, 2.24) is 19.5 Å². The van der Waals surface area contributed by atoms with Gasteiger partial charge >= 0.3 is 5.51 Å². The van der Waals surface area contributed by atoms with Gasteiger partial charge < -0.3 is 25.4 Å². The highest BCUT2D eigenvalue weighted by Gasteiger charge is 2.44. The Balaban J connectivity index is 1.63. The lowest BCUT2D eigenvalue weighted by molar-refractivity contribution is -0.0511. The van der Waals surface area contributed by atoms with E-state index in [4.69, 9.17) is 4.74 Å². The van der Waals surface area contributed by atoms with Crippen molar-refractivity contribution in [1.29, 1.82) is 0 Å². The van der Waals surface area contributed by atoms with Crippen LogP contribution in [0.15, 0.2) is 41.8 Å². The highest BCUT2D eigenvalue weighted by molar-refractivity contribution is 8.00. The van der Waals surface area contributed by atoms with Gasteiger partial charge in [0.25, 0.3) is 0 Å². The number of hydrogen-bond donors (Lipinski definition) is 4. The van der Waals surface area contributed by atoms with Crippen LogP contribution in [0.3, 0.4) is 0 Å². The Morgan fingerprint density at radius 2 is 1.97 bits per heavy atom. The van der Waals surface area contributed by atoms with Crippen molar-refractivity contribution in [3.63, 3.8) is 0 Å². The molecule has 4 N–H and O–H groups in total. The van der Waals surface area contributed by atoms with Crippen molar-refractivity contribution in [3.8, 4) is 0 Å². The van der Waals surface area contributed by atoms with Crippen molar-refractivity contribution in [2.75, 3.05) is 11.9 Å². The Hall–Kier alpha value is -2.45. The minimum Gasteiger partial charge on any atom is -0.394 e. The first-order valence-corrected chi connectivity index (χ1v) is 9.51. The molecule has 2 aromatic heterocycles. The number of benzene rings is 1. The van der Waals surface area contributed by atoms with E-state index in [1.165, 1.54) is 35.4 Å². The molecule has 1 aliphatic heterocycles. The number of aromatic nitrogens is 4. The third-order valence-electron chi connectivity index (χ3n) is 4.48. The lowest BCUT2D eigenvalue weighted by atomic mass is 10.1. The monoisotopic (exact) mass is 443 g/mol. The van der Waals surface area contributed by atoms with E-state index < -0.39 is 36.7 Å².